The van der Waals surface area contributed by atoms with Gasteiger partial charge in [0.2, 0.25) is 11.4 Å². The lowest BCUT2D eigenvalue weighted by atomic mass is 9.78. The minimum atomic E-state index is -1.30. The van der Waals surface area contributed by atoms with Gasteiger partial charge in [0.05, 0.1) is 31.2 Å². The molecule has 174 valence electrons. The van der Waals surface area contributed by atoms with E-state index in [9.17, 15) is 9.90 Å². The molecule has 4 aliphatic heterocycles. The van der Waals surface area contributed by atoms with Gasteiger partial charge >= 0.3 is 0 Å². The van der Waals surface area contributed by atoms with Gasteiger partial charge in [-0.3, -0.25) is 4.79 Å². The van der Waals surface area contributed by atoms with Crippen LogP contribution in [0.15, 0.2) is 6.07 Å². The van der Waals surface area contributed by atoms with Crippen LogP contribution in [0, 0.1) is 6.92 Å². The van der Waals surface area contributed by atoms with Crippen LogP contribution in [0.3, 0.4) is 0 Å². The first-order valence-corrected chi connectivity index (χ1v) is 11.2. The molecular formula is C24H25NO8. The number of phenols is 1. The molecule has 3 fully saturated rings. The van der Waals surface area contributed by atoms with E-state index in [1.165, 1.54) is 0 Å². The third-order valence-corrected chi connectivity index (χ3v) is 8.14. The lowest BCUT2D eigenvalue weighted by Gasteiger charge is -2.48. The molecule has 2 aromatic rings. The number of aromatic hydroxyl groups is 1. The number of nitrogens with two attached hydrogens (primary N) is 1. The van der Waals surface area contributed by atoms with E-state index in [0.29, 0.717) is 47.3 Å². The molecule has 5 atom stereocenters. The van der Waals surface area contributed by atoms with Crippen LogP contribution in [0.25, 0.3) is 10.8 Å². The maximum Gasteiger partial charge on any atom is 0.276 e. The fraction of sp³-hybridized carbons (Fsp3) is 0.542. The molecule has 3 saturated heterocycles. The van der Waals surface area contributed by atoms with Crippen molar-refractivity contribution >= 4 is 16.6 Å². The highest BCUT2D eigenvalue weighted by Gasteiger charge is 2.90. The zero-order chi connectivity index (χ0) is 22.9. The van der Waals surface area contributed by atoms with Crippen LogP contribution >= 0.6 is 0 Å². The van der Waals surface area contributed by atoms with Gasteiger partial charge in [0.1, 0.15) is 23.4 Å². The molecule has 9 heteroatoms. The second kappa shape index (κ2) is 5.97. The largest absolute Gasteiger partial charge is 0.506 e. The summed E-state index contributed by atoms with van der Waals surface area (Å²) < 4.78 is 37.1. The van der Waals surface area contributed by atoms with Crippen molar-refractivity contribution in [1.29, 1.82) is 0 Å². The number of fused-ring (bicyclic) bond motifs is 8. The monoisotopic (exact) mass is 455 g/mol. The van der Waals surface area contributed by atoms with Crippen LogP contribution in [0.1, 0.15) is 46.0 Å². The summed E-state index contributed by atoms with van der Waals surface area (Å²) in [7, 11) is 3.12. The molecular weight excluding hydrogens is 430 g/mol. The fourth-order valence-electron chi connectivity index (χ4n) is 6.65. The average Bonchev–Trinajstić information content (AvgIpc) is 3.47. The summed E-state index contributed by atoms with van der Waals surface area (Å²) in [5.41, 5.74) is 7.77. The molecule has 0 amide bonds. The number of phenolic OH excluding ortho intramolecular Hbond substituents is 1. The van der Waals surface area contributed by atoms with E-state index in [1.54, 1.807) is 14.2 Å². The molecule has 1 unspecified atom stereocenters. The van der Waals surface area contributed by atoms with E-state index >= 15 is 0 Å². The molecule has 0 radical (unpaired) electrons. The van der Waals surface area contributed by atoms with Crippen molar-refractivity contribution in [3.8, 4) is 17.2 Å². The molecule has 0 saturated carbocycles. The summed E-state index contributed by atoms with van der Waals surface area (Å²) in [5.74, 6) is -1.70. The lowest BCUT2D eigenvalue weighted by Crippen LogP contribution is -2.68. The quantitative estimate of drug-likeness (QED) is 0.669. The lowest BCUT2D eigenvalue weighted by molar-refractivity contribution is -0.286. The van der Waals surface area contributed by atoms with Gasteiger partial charge in [-0.05, 0) is 31.4 Å². The van der Waals surface area contributed by atoms with Crippen molar-refractivity contribution in [1.82, 2.24) is 0 Å². The van der Waals surface area contributed by atoms with E-state index in [-0.39, 0.29) is 18.1 Å². The molecule has 2 aromatic carbocycles. The molecule has 1 aliphatic carbocycles. The highest BCUT2D eigenvalue weighted by atomic mass is 16.9. The van der Waals surface area contributed by atoms with Crippen molar-refractivity contribution < 1.29 is 38.3 Å². The Balaban J connectivity index is 1.58. The summed E-state index contributed by atoms with van der Waals surface area (Å²) in [6.45, 7) is 2.34. The van der Waals surface area contributed by atoms with E-state index in [1.807, 2.05) is 13.0 Å². The van der Waals surface area contributed by atoms with Crippen molar-refractivity contribution in [3.05, 3.63) is 28.3 Å². The summed E-state index contributed by atoms with van der Waals surface area (Å²) >= 11 is 0. The number of epoxide rings is 1. The number of carbonyl (C=O) groups is 1. The van der Waals surface area contributed by atoms with Gasteiger partial charge < -0.3 is 39.3 Å². The molecule has 9 nitrogen and oxygen atoms in total. The zero-order valence-corrected chi connectivity index (χ0v) is 18.6. The van der Waals surface area contributed by atoms with Crippen LogP contribution in [-0.4, -0.2) is 61.5 Å². The number of hydrogen-bond donors (Lipinski definition) is 2. The number of benzene rings is 2. The van der Waals surface area contributed by atoms with Gasteiger partial charge in [-0.1, -0.05) is 0 Å². The summed E-state index contributed by atoms with van der Waals surface area (Å²) in [4.78, 5) is 12.9. The van der Waals surface area contributed by atoms with Crippen LogP contribution in [-0.2, 0) is 25.4 Å². The van der Waals surface area contributed by atoms with Gasteiger partial charge in [0.25, 0.3) is 5.79 Å². The van der Waals surface area contributed by atoms with E-state index in [4.69, 9.17) is 34.2 Å². The van der Waals surface area contributed by atoms with Gasteiger partial charge in [-0.25, -0.2) is 0 Å². The standard InChI is InChI=1S/C24H25NO8/c1-10-7-12-16(17(27)15-11(18(12)28-2)5-4-6-13(15)26)19-14(10)20-21-24(29-3,32-19)22(9-30-22)23(8-25,31-20)33-21/h7,20-21,27H,4-6,8-9,25H2,1-3H3/t20?,21-,22-,23-,24-/m1/s1. The van der Waals surface area contributed by atoms with Crippen molar-refractivity contribution in [2.45, 2.75) is 55.6 Å². The Morgan fingerprint density at radius 3 is 2.73 bits per heavy atom. The molecule has 5 aliphatic rings. The minimum absolute atomic E-state index is 0.0809. The van der Waals surface area contributed by atoms with Crippen LogP contribution in [0.2, 0.25) is 0 Å². The highest BCUT2D eigenvalue weighted by Crippen LogP contribution is 2.70. The number of Topliss-reactive ketones (excluding diaryl/α,β-unsaturated/α-hetero) is 1. The minimum Gasteiger partial charge on any atom is -0.506 e. The second-order valence-electron chi connectivity index (χ2n) is 9.49. The fourth-order valence-corrected chi connectivity index (χ4v) is 6.65. The first kappa shape index (κ1) is 20.0. The first-order chi connectivity index (χ1) is 15.9. The van der Waals surface area contributed by atoms with Gasteiger partial charge in [0, 0.05) is 30.0 Å². The van der Waals surface area contributed by atoms with Crippen LogP contribution in [0.4, 0.5) is 0 Å². The van der Waals surface area contributed by atoms with Crippen molar-refractivity contribution in [3.63, 3.8) is 0 Å². The summed E-state index contributed by atoms with van der Waals surface area (Å²) in [5, 5.41) is 12.5. The molecule has 33 heavy (non-hydrogen) atoms. The maximum atomic E-state index is 12.9. The molecule has 3 N–H and O–H groups in total. The molecule has 0 aromatic heterocycles. The normalized spacial score (nSPS) is 37.3. The maximum absolute atomic E-state index is 12.9. The smallest absolute Gasteiger partial charge is 0.276 e. The third kappa shape index (κ3) is 1.94. The number of methoxy groups -OCH3 is 2. The number of rotatable bonds is 3. The van der Waals surface area contributed by atoms with Crippen LogP contribution < -0.4 is 15.2 Å². The molecule has 1 spiro atoms. The predicted octanol–water partition coefficient (Wildman–Crippen LogP) is 2.01. The SMILES string of the molecule is COc1c2c(c(O)c3c4c(c(C)cc13)C1O[C@]3(CN)O[C@H]1[C@@](OC)(O4)[C@@]31CO1)C(=O)CCC2. The second-order valence-corrected chi connectivity index (χ2v) is 9.49. The Bertz CT molecular complexity index is 1270. The van der Waals surface area contributed by atoms with E-state index < -0.39 is 29.4 Å². The van der Waals surface area contributed by atoms with Gasteiger partial charge in [-0.15, -0.1) is 0 Å². The van der Waals surface area contributed by atoms with Crippen molar-refractivity contribution in [2.75, 3.05) is 27.4 Å². The topological polar surface area (TPSA) is 122 Å². The van der Waals surface area contributed by atoms with E-state index in [0.717, 1.165) is 23.1 Å². The Hall–Kier alpha value is -2.43. The number of hydrogen-bond acceptors (Lipinski definition) is 9. The van der Waals surface area contributed by atoms with Gasteiger partial charge in [-0.2, -0.15) is 0 Å². The number of ketones is 1. The van der Waals surface area contributed by atoms with E-state index in [2.05, 4.69) is 0 Å². The Morgan fingerprint density at radius 1 is 1.27 bits per heavy atom. The summed E-state index contributed by atoms with van der Waals surface area (Å²) in [6.07, 6.45) is 0.624. The zero-order valence-electron chi connectivity index (χ0n) is 18.6. The average molecular weight is 455 g/mol. The predicted molar refractivity (Wildman–Crippen MR) is 114 cm³/mol. The third-order valence-electron chi connectivity index (χ3n) is 8.14. The molecule has 7 rings (SSSR count). The molecule has 4 heterocycles. The first-order valence-electron chi connectivity index (χ1n) is 11.2. The van der Waals surface area contributed by atoms with Crippen molar-refractivity contribution in [2.24, 2.45) is 5.73 Å². The number of carbonyl (C=O) groups excluding carboxylic acids is 1. The van der Waals surface area contributed by atoms with Crippen LogP contribution in [0.5, 0.6) is 17.2 Å². The Labute approximate surface area is 189 Å². The Kier molecular flexibility index (Phi) is 3.62. The number of aryl methyl sites for hydroxylation is 1. The van der Waals surface area contributed by atoms with Gasteiger partial charge in [0.15, 0.2) is 11.9 Å². The number of ether oxygens (including phenoxy) is 6. The Morgan fingerprint density at radius 2 is 2.06 bits per heavy atom. The highest BCUT2D eigenvalue weighted by molar-refractivity contribution is 6.11. The molecule has 2 bridgehead atoms. The summed E-state index contributed by atoms with van der Waals surface area (Å²) in [6, 6.07) is 1.95.